The van der Waals surface area contributed by atoms with Crippen LogP contribution in [-0.2, 0) is 20.4 Å². The van der Waals surface area contributed by atoms with E-state index in [1.165, 1.54) is 12.1 Å². The Morgan fingerprint density at radius 3 is 2.32 bits per heavy atom. The third-order valence-electron chi connectivity index (χ3n) is 3.40. The van der Waals surface area contributed by atoms with Gasteiger partial charge in [-0.05, 0) is 30.5 Å². The van der Waals surface area contributed by atoms with Gasteiger partial charge in [0.2, 0.25) is 5.91 Å². The Labute approximate surface area is 117 Å². The van der Waals surface area contributed by atoms with Crippen molar-refractivity contribution in [2.45, 2.75) is 37.1 Å². The second-order valence-corrected chi connectivity index (χ2v) is 7.35. The summed E-state index contributed by atoms with van der Waals surface area (Å²) in [6.07, 6.45) is 4.19. The summed E-state index contributed by atoms with van der Waals surface area (Å²) in [6.45, 7) is 0.415. The zero-order valence-electron chi connectivity index (χ0n) is 10.4. The molecule has 0 aliphatic heterocycles. The summed E-state index contributed by atoms with van der Waals surface area (Å²) in [7, 11) is 1.55. The molecule has 19 heavy (non-hydrogen) atoms. The Kier molecular flexibility index (Phi) is 4.47. The Bertz CT molecular complexity index is 548. The van der Waals surface area contributed by atoms with Crippen LogP contribution >= 0.6 is 10.7 Å². The van der Waals surface area contributed by atoms with E-state index in [1.54, 1.807) is 12.1 Å². The predicted molar refractivity (Wildman–Crippen MR) is 73.3 cm³/mol. The average Bonchev–Trinajstić information content (AvgIpc) is 2.89. The molecule has 1 aromatic rings. The van der Waals surface area contributed by atoms with Crippen LogP contribution in [0.15, 0.2) is 29.2 Å². The Hall–Kier alpha value is -1.07. The molecule has 1 aliphatic carbocycles. The third kappa shape index (κ3) is 3.94. The lowest BCUT2D eigenvalue weighted by molar-refractivity contribution is -0.124. The molecule has 4 nitrogen and oxygen atoms in total. The van der Waals surface area contributed by atoms with Crippen molar-refractivity contribution in [1.82, 2.24) is 5.32 Å². The molecule has 0 radical (unpaired) electrons. The molecule has 1 N–H and O–H groups in total. The monoisotopic (exact) mass is 301 g/mol. The summed E-state index contributed by atoms with van der Waals surface area (Å²) >= 11 is 0. The number of hydrogen-bond acceptors (Lipinski definition) is 3. The van der Waals surface area contributed by atoms with Gasteiger partial charge in [-0.25, -0.2) is 8.42 Å². The summed E-state index contributed by atoms with van der Waals surface area (Å²) in [5.41, 5.74) is 0.857. The minimum atomic E-state index is -3.68. The molecule has 1 saturated carbocycles. The van der Waals surface area contributed by atoms with Crippen molar-refractivity contribution in [1.29, 1.82) is 0 Å². The second-order valence-electron chi connectivity index (χ2n) is 4.78. The minimum absolute atomic E-state index is 0.0695. The molecule has 6 heteroatoms. The molecule has 0 heterocycles. The van der Waals surface area contributed by atoms with Crippen molar-refractivity contribution in [3.63, 3.8) is 0 Å². The topological polar surface area (TPSA) is 63.2 Å². The van der Waals surface area contributed by atoms with Crippen molar-refractivity contribution < 1.29 is 13.2 Å². The molecule has 0 bridgehead atoms. The van der Waals surface area contributed by atoms with E-state index in [0.29, 0.717) is 6.54 Å². The van der Waals surface area contributed by atoms with E-state index < -0.39 is 9.05 Å². The maximum absolute atomic E-state index is 11.8. The van der Waals surface area contributed by atoms with Gasteiger partial charge < -0.3 is 5.32 Å². The maximum Gasteiger partial charge on any atom is 0.261 e. The van der Waals surface area contributed by atoms with E-state index in [0.717, 1.165) is 31.2 Å². The largest absolute Gasteiger partial charge is 0.352 e. The van der Waals surface area contributed by atoms with Crippen LogP contribution in [0.2, 0.25) is 0 Å². The summed E-state index contributed by atoms with van der Waals surface area (Å²) in [5, 5.41) is 2.88. The minimum Gasteiger partial charge on any atom is -0.352 e. The van der Waals surface area contributed by atoms with Crippen LogP contribution in [0.1, 0.15) is 31.2 Å². The van der Waals surface area contributed by atoms with Crippen LogP contribution in [-0.4, -0.2) is 14.3 Å². The van der Waals surface area contributed by atoms with E-state index in [-0.39, 0.29) is 16.7 Å². The molecule has 1 amide bonds. The number of halogens is 1. The van der Waals surface area contributed by atoms with E-state index in [9.17, 15) is 13.2 Å². The molecular weight excluding hydrogens is 286 g/mol. The molecule has 0 atom stereocenters. The first-order chi connectivity index (χ1) is 8.97. The van der Waals surface area contributed by atoms with Crippen LogP contribution in [0.3, 0.4) is 0 Å². The van der Waals surface area contributed by atoms with Gasteiger partial charge in [0.05, 0.1) is 4.90 Å². The van der Waals surface area contributed by atoms with Gasteiger partial charge in [0.25, 0.3) is 9.05 Å². The molecule has 0 unspecified atom stereocenters. The molecule has 0 aromatic heterocycles. The molecule has 2 rings (SSSR count). The zero-order chi connectivity index (χ0) is 13.9. The summed E-state index contributed by atoms with van der Waals surface area (Å²) < 4.78 is 22.2. The summed E-state index contributed by atoms with van der Waals surface area (Å²) in [6, 6.07) is 6.20. The first-order valence-electron chi connectivity index (χ1n) is 6.28. The highest BCUT2D eigenvalue weighted by Gasteiger charge is 2.22. The van der Waals surface area contributed by atoms with E-state index >= 15 is 0 Å². The summed E-state index contributed by atoms with van der Waals surface area (Å²) in [5.74, 6) is 0.231. The van der Waals surface area contributed by atoms with Crippen LogP contribution in [0.4, 0.5) is 0 Å². The zero-order valence-corrected chi connectivity index (χ0v) is 12.0. The van der Waals surface area contributed by atoms with Gasteiger partial charge in [-0.2, -0.15) is 0 Å². The Morgan fingerprint density at radius 1 is 1.21 bits per heavy atom. The van der Waals surface area contributed by atoms with Crippen molar-refractivity contribution >= 4 is 25.6 Å². The molecular formula is C13H16ClNO3S. The van der Waals surface area contributed by atoms with E-state index in [1.807, 2.05) is 0 Å². The molecule has 1 fully saturated rings. The SMILES string of the molecule is O=C(NCc1ccc(S(=O)(=O)Cl)cc1)C1CCCC1. The lowest BCUT2D eigenvalue weighted by Crippen LogP contribution is -2.28. The maximum atomic E-state index is 11.8. The van der Waals surface area contributed by atoms with Gasteiger partial charge in [-0.15, -0.1) is 0 Å². The normalized spacial score (nSPS) is 16.5. The quantitative estimate of drug-likeness (QED) is 0.869. The fourth-order valence-electron chi connectivity index (χ4n) is 2.29. The Morgan fingerprint density at radius 2 is 1.79 bits per heavy atom. The number of benzene rings is 1. The lowest BCUT2D eigenvalue weighted by atomic mass is 10.1. The predicted octanol–water partition coefficient (Wildman–Crippen LogP) is 2.42. The van der Waals surface area contributed by atoms with Crippen LogP contribution in [0, 0.1) is 5.92 Å². The van der Waals surface area contributed by atoms with Gasteiger partial charge in [-0.3, -0.25) is 4.79 Å². The first kappa shape index (κ1) is 14.3. The number of amides is 1. The number of hydrogen-bond donors (Lipinski definition) is 1. The van der Waals surface area contributed by atoms with Gasteiger partial charge in [0, 0.05) is 23.1 Å². The number of rotatable bonds is 4. The van der Waals surface area contributed by atoms with Crippen LogP contribution < -0.4 is 5.32 Å². The van der Waals surface area contributed by atoms with Crippen LogP contribution in [0.5, 0.6) is 0 Å². The smallest absolute Gasteiger partial charge is 0.261 e. The highest BCUT2D eigenvalue weighted by atomic mass is 35.7. The number of nitrogens with one attached hydrogen (secondary N) is 1. The molecule has 1 aromatic carbocycles. The number of carbonyl (C=O) groups is 1. The lowest BCUT2D eigenvalue weighted by Gasteiger charge is -2.10. The Balaban J connectivity index is 1.91. The van der Waals surface area contributed by atoms with Crippen molar-refractivity contribution in [3.8, 4) is 0 Å². The average molecular weight is 302 g/mol. The molecule has 0 saturated heterocycles. The standard InChI is InChI=1S/C13H16ClNO3S/c14-19(17,18)12-7-5-10(6-8-12)9-15-13(16)11-3-1-2-4-11/h5-8,11H,1-4,9H2,(H,15,16). The first-order valence-corrected chi connectivity index (χ1v) is 8.59. The highest BCUT2D eigenvalue weighted by Crippen LogP contribution is 2.24. The second kappa shape index (κ2) is 5.92. The highest BCUT2D eigenvalue weighted by molar-refractivity contribution is 8.13. The third-order valence-corrected chi connectivity index (χ3v) is 4.77. The summed E-state index contributed by atoms with van der Waals surface area (Å²) in [4.78, 5) is 11.9. The molecule has 1 aliphatic rings. The fourth-order valence-corrected chi connectivity index (χ4v) is 3.06. The molecule has 0 spiro atoms. The van der Waals surface area contributed by atoms with E-state index in [2.05, 4.69) is 5.32 Å². The van der Waals surface area contributed by atoms with Crippen molar-refractivity contribution in [2.75, 3.05) is 0 Å². The van der Waals surface area contributed by atoms with Gasteiger partial charge in [0.15, 0.2) is 0 Å². The van der Waals surface area contributed by atoms with Crippen molar-refractivity contribution in [2.24, 2.45) is 5.92 Å². The van der Waals surface area contributed by atoms with Gasteiger partial charge in [0.1, 0.15) is 0 Å². The fraction of sp³-hybridized carbons (Fsp3) is 0.462. The van der Waals surface area contributed by atoms with Gasteiger partial charge >= 0.3 is 0 Å². The van der Waals surface area contributed by atoms with Crippen molar-refractivity contribution in [3.05, 3.63) is 29.8 Å². The van der Waals surface area contributed by atoms with E-state index in [4.69, 9.17) is 10.7 Å². The number of carbonyl (C=O) groups excluding carboxylic acids is 1. The van der Waals surface area contributed by atoms with Gasteiger partial charge in [-0.1, -0.05) is 25.0 Å². The van der Waals surface area contributed by atoms with Crippen LogP contribution in [0.25, 0.3) is 0 Å². The molecule has 104 valence electrons.